The third-order valence-electron chi connectivity index (χ3n) is 3.08. The van der Waals surface area contributed by atoms with Crippen LogP contribution in [0.1, 0.15) is 11.1 Å². The summed E-state index contributed by atoms with van der Waals surface area (Å²) in [7, 11) is 0. The second-order valence-electron chi connectivity index (χ2n) is 5.60. The molecular weight excluding hydrogens is 567 g/mol. The van der Waals surface area contributed by atoms with Gasteiger partial charge in [0.1, 0.15) is 5.88 Å². The molecule has 0 bridgehead atoms. The lowest BCUT2D eigenvalue weighted by atomic mass is 10.2. The Hall–Kier alpha value is -1.59. The summed E-state index contributed by atoms with van der Waals surface area (Å²) in [4.78, 5) is 20.3. The molecule has 0 heterocycles. The van der Waals surface area contributed by atoms with E-state index in [1.807, 2.05) is 0 Å². The highest BCUT2D eigenvalue weighted by Crippen LogP contribution is 2.36. The third kappa shape index (κ3) is 12.4. The Labute approximate surface area is 208 Å². The molecule has 0 radical (unpaired) electrons. The van der Waals surface area contributed by atoms with Crippen molar-refractivity contribution in [2.45, 2.75) is 12.4 Å². The van der Waals surface area contributed by atoms with Crippen LogP contribution in [0.2, 0.25) is 10.0 Å². The van der Waals surface area contributed by atoms with Gasteiger partial charge in [-0.15, -0.1) is 23.2 Å². The van der Waals surface area contributed by atoms with Crippen LogP contribution in [-0.4, -0.2) is 22.9 Å². The van der Waals surface area contributed by atoms with E-state index < -0.39 is 39.7 Å². The SMILES string of the molecule is Nc1ccc(Cl)c(C(F)(F)F)c1.O=C(CCl)Nc1ccc(Cl)c(C(F)(F)F)c1.O=C(Cl)CCl. The molecule has 2 aromatic carbocycles. The fourth-order valence-corrected chi connectivity index (χ4v) is 2.29. The molecule has 0 saturated heterocycles. The van der Waals surface area contributed by atoms with Crippen molar-refractivity contribution < 1.29 is 35.9 Å². The lowest BCUT2D eigenvalue weighted by molar-refractivity contribution is -0.138. The molecule has 0 atom stereocenters. The zero-order valence-electron chi connectivity index (χ0n) is 15.9. The number of nitrogens with one attached hydrogen (secondary N) is 1. The summed E-state index contributed by atoms with van der Waals surface area (Å²) in [5.74, 6) is -1.01. The highest BCUT2D eigenvalue weighted by molar-refractivity contribution is 6.67. The molecule has 0 saturated carbocycles. The number of hydrogen-bond donors (Lipinski definition) is 2. The molecule has 2 rings (SSSR count). The summed E-state index contributed by atoms with van der Waals surface area (Å²) in [5, 5.41) is 0.938. The van der Waals surface area contributed by atoms with Crippen molar-refractivity contribution in [2.24, 2.45) is 0 Å². The van der Waals surface area contributed by atoms with Gasteiger partial charge in [0.25, 0.3) is 0 Å². The van der Waals surface area contributed by atoms with Gasteiger partial charge in [0, 0.05) is 11.4 Å². The topological polar surface area (TPSA) is 72.2 Å². The summed E-state index contributed by atoms with van der Waals surface area (Å²) in [5.41, 5.74) is 3.32. The minimum Gasteiger partial charge on any atom is -0.399 e. The fraction of sp³-hybridized carbons (Fsp3) is 0.222. The molecule has 15 heteroatoms. The summed E-state index contributed by atoms with van der Waals surface area (Å²) in [6.07, 6.45) is -8.99. The second-order valence-corrected chi connectivity index (χ2v) is 7.37. The van der Waals surface area contributed by atoms with Gasteiger partial charge in [-0.2, -0.15) is 26.3 Å². The minimum absolute atomic E-state index is 0.00220. The molecule has 0 spiro atoms. The number of nitrogens with two attached hydrogens (primary N) is 1. The van der Waals surface area contributed by atoms with Crippen LogP contribution in [0.4, 0.5) is 37.7 Å². The predicted octanol–water partition coefficient (Wildman–Crippen LogP) is 7.47. The summed E-state index contributed by atoms with van der Waals surface area (Å²) in [6.45, 7) is 0. The third-order valence-corrected chi connectivity index (χ3v) is 4.49. The number of carbonyl (C=O) groups excluding carboxylic acids is 2. The Balaban J connectivity index is 0.000000530. The van der Waals surface area contributed by atoms with Gasteiger partial charge in [-0.25, -0.2) is 0 Å². The molecule has 1 amide bonds. The van der Waals surface area contributed by atoms with Crippen molar-refractivity contribution in [3.8, 4) is 0 Å². The van der Waals surface area contributed by atoms with Crippen molar-refractivity contribution in [3.63, 3.8) is 0 Å². The zero-order valence-corrected chi connectivity index (χ0v) is 19.7. The standard InChI is InChI=1S/C9H6Cl2F3NO.C7H5ClF3N.C2H2Cl2O/c10-4-8(16)15-5-1-2-7(11)6(3-5)9(12,13)14;8-6-2-1-4(12)3-5(6)7(9,10)11;3-1-2(4)5/h1-3H,4H2,(H,15,16);1-3H,12H2;1H2. The summed E-state index contributed by atoms with van der Waals surface area (Å²) in [6, 6.07) is 6.34. The van der Waals surface area contributed by atoms with E-state index in [-0.39, 0.29) is 28.2 Å². The summed E-state index contributed by atoms with van der Waals surface area (Å²) >= 11 is 25.4. The highest BCUT2D eigenvalue weighted by atomic mass is 35.5. The van der Waals surface area contributed by atoms with Crippen LogP contribution in [0.15, 0.2) is 36.4 Å². The Bertz CT molecular complexity index is 955. The van der Waals surface area contributed by atoms with E-state index in [1.54, 1.807) is 0 Å². The maximum absolute atomic E-state index is 12.4. The van der Waals surface area contributed by atoms with Crippen LogP contribution in [-0.2, 0) is 21.9 Å². The van der Waals surface area contributed by atoms with E-state index in [1.165, 1.54) is 12.1 Å². The van der Waals surface area contributed by atoms with Crippen molar-refractivity contribution in [2.75, 3.05) is 22.8 Å². The molecule has 3 N–H and O–H groups in total. The number of alkyl halides is 8. The molecule has 4 nitrogen and oxygen atoms in total. The number of nitrogen functional groups attached to an aromatic ring is 1. The van der Waals surface area contributed by atoms with Crippen LogP contribution in [0.5, 0.6) is 0 Å². The van der Waals surface area contributed by atoms with E-state index in [2.05, 4.69) is 5.32 Å². The largest absolute Gasteiger partial charge is 0.417 e. The molecule has 2 aromatic rings. The molecule has 0 aliphatic carbocycles. The number of rotatable bonds is 3. The maximum atomic E-state index is 12.4. The zero-order chi connectivity index (χ0) is 26.0. The van der Waals surface area contributed by atoms with Gasteiger partial charge < -0.3 is 11.1 Å². The van der Waals surface area contributed by atoms with Crippen LogP contribution in [0, 0.1) is 0 Å². The first-order valence-electron chi connectivity index (χ1n) is 8.12. The minimum atomic E-state index is -4.56. The lowest BCUT2D eigenvalue weighted by Crippen LogP contribution is -2.14. The van der Waals surface area contributed by atoms with Crippen molar-refractivity contribution in [1.29, 1.82) is 0 Å². The van der Waals surface area contributed by atoms with Crippen molar-refractivity contribution >= 4 is 80.5 Å². The number of benzene rings is 2. The maximum Gasteiger partial charge on any atom is 0.417 e. The Morgan fingerprint density at radius 2 is 1.24 bits per heavy atom. The van der Waals surface area contributed by atoms with Gasteiger partial charge in [-0.3, -0.25) is 9.59 Å². The van der Waals surface area contributed by atoms with E-state index >= 15 is 0 Å². The monoisotopic (exact) mass is 578 g/mol. The Morgan fingerprint density at radius 1 is 0.818 bits per heavy atom. The lowest BCUT2D eigenvalue weighted by Gasteiger charge is -2.11. The van der Waals surface area contributed by atoms with Crippen LogP contribution < -0.4 is 11.1 Å². The average molecular weight is 581 g/mol. The Morgan fingerprint density at radius 3 is 1.61 bits per heavy atom. The van der Waals surface area contributed by atoms with Gasteiger partial charge in [0.05, 0.1) is 27.1 Å². The number of amides is 1. The molecular formula is C18H13Cl5F6N2O2. The van der Waals surface area contributed by atoms with Crippen LogP contribution >= 0.6 is 58.0 Å². The Kier molecular flexibility index (Phi) is 13.3. The van der Waals surface area contributed by atoms with E-state index in [9.17, 15) is 35.9 Å². The number of anilines is 2. The first-order valence-corrected chi connectivity index (χ1v) is 10.3. The first kappa shape index (κ1) is 31.4. The van der Waals surface area contributed by atoms with Gasteiger partial charge >= 0.3 is 12.4 Å². The van der Waals surface area contributed by atoms with Crippen molar-refractivity contribution in [1.82, 2.24) is 0 Å². The smallest absolute Gasteiger partial charge is 0.399 e. The molecule has 0 unspecified atom stereocenters. The van der Waals surface area contributed by atoms with Gasteiger partial charge in [-0.05, 0) is 48.0 Å². The molecule has 0 fully saturated rings. The van der Waals surface area contributed by atoms with Gasteiger partial charge in [0.15, 0.2) is 0 Å². The van der Waals surface area contributed by atoms with Crippen LogP contribution in [0.3, 0.4) is 0 Å². The molecule has 0 aromatic heterocycles. The predicted molar refractivity (Wildman–Crippen MR) is 118 cm³/mol. The molecule has 0 aliphatic heterocycles. The second kappa shape index (κ2) is 14.0. The van der Waals surface area contributed by atoms with E-state index in [4.69, 9.17) is 63.7 Å². The van der Waals surface area contributed by atoms with Crippen molar-refractivity contribution in [3.05, 3.63) is 57.6 Å². The first-order chi connectivity index (χ1) is 15.0. The molecule has 33 heavy (non-hydrogen) atoms. The van der Waals surface area contributed by atoms with E-state index in [0.717, 1.165) is 24.3 Å². The number of hydrogen-bond acceptors (Lipinski definition) is 3. The average Bonchev–Trinajstić information content (AvgIpc) is 2.70. The fourth-order valence-electron chi connectivity index (χ4n) is 1.77. The highest BCUT2D eigenvalue weighted by Gasteiger charge is 2.34. The van der Waals surface area contributed by atoms with E-state index in [0.29, 0.717) is 0 Å². The van der Waals surface area contributed by atoms with Gasteiger partial charge in [0.2, 0.25) is 11.1 Å². The van der Waals surface area contributed by atoms with Crippen LogP contribution in [0.25, 0.3) is 0 Å². The van der Waals surface area contributed by atoms with Gasteiger partial charge in [-0.1, -0.05) is 23.2 Å². The summed E-state index contributed by atoms with van der Waals surface area (Å²) < 4.78 is 73.5. The number of carbonyl (C=O) groups is 2. The number of halogens is 11. The quantitative estimate of drug-likeness (QED) is 0.171. The normalized spacial score (nSPS) is 10.9. The molecule has 0 aliphatic rings. The molecule has 184 valence electrons.